The number of carbonyl (C=O) groups is 1. The van der Waals surface area contributed by atoms with E-state index in [1.807, 2.05) is 18.2 Å². The van der Waals surface area contributed by atoms with Gasteiger partial charge in [-0.25, -0.2) is 4.98 Å². The highest BCUT2D eigenvalue weighted by Gasteiger charge is 2.25. The molecule has 0 bridgehead atoms. The molecule has 30 heavy (non-hydrogen) atoms. The molecule has 1 aromatic carbocycles. The van der Waals surface area contributed by atoms with Crippen LogP contribution in [0.5, 0.6) is 0 Å². The van der Waals surface area contributed by atoms with Gasteiger partial charge < -0.3 is 10.2 Å². The molecule has 6 heteroatoms. The number of likely N-dealkylation sites (tertiary alicyclic amines) is 1. The standard InChI is InChI=1S/C24H31ClN4O/c25-22-7-4-13-26-24(22)29-15-10-19(11-16-29)8-9-23(30)27-21-12-14-28(18-21)17-20-5-2-1-3-6-20/h1-7,13,19,21H,8-12,14-18H2,(H,27,30)/t21-/m1/s1. The molecule has 0 saturated carbocycles. The zero-order valence-electron chi connectivity index (χ0n) is 17.5. The Morgan fingerprint density at radius 2 is 1.87 bits per heavy atom. The van der Waals surface area contributed by atoms with E-state index in [2.05, 4.69) is 44.4 Å². The van der Waals surface area contributed by atoms with Crippen molar-refractivity contribution in [2.45, 2.75) is 44.7 Å². The Labute approximate surface area is 184 Å². The normalized spacial score (nSPS) is 20.4. The van der Waals surface area contributed by atoms with Gasteiger partial charge in [0.15, 0.2) is 0 Å². The minimum atomic E-state index is 0.205. The second-order valence-electron chi connectivity index (χ2n) is 8.55. The summed E-state index contributed by atoms with van der Waals surface area (Å²) in [5, 5.41) is 3.97. The largest absolute Gasteiger partial charge is 0.355 e. The summed E-state index contributed by atoms with van der Waals surface area (Å²) in [4.78, 5) is 21.6. The second kappa shape index (κ2) is 10.3. The zero-order chi connectivity index (χ0) is 20.8. The van der Waals surface area contributed by atoms with Crippen LogP contribution in [0.2, 0.25) is 5.02 Å². The Morgan fingerprint density at radius 3 is 2.63 bits per heavy atom. The van der Waals surface area contributed by atoms with Gasteiger partial charge in [0.05, 0.1) is 5.02 Å². The highest BCUT2D eigenvalue weighted by Crippen LogP contribution is 2.29. The van der Waals surface area contributed by atoms with E-state index in [-0.39, 0.29) is 11.9 Å². The lowest BCUT2D eigenvalue weighted by Crippen LogP contribution is -2.38. The Balaban J connectivity index is 1.14. The van der Waals surface area contributed by atoms with Crippen molar-refractivity contribution in [2.75, 3.05) is 31.1 Å². The van der Waals surface area contributed by atoms with Crippen molar-refractivity contribution < 1.29 is 4.79 Å². The molecule has 2 aromatic rings. The van der Waals surface area contributed by atoms with E-state index in [4.69, 9.17) is 11.6 Å². The van der Waals surface area contributed by atoms with Crippen molar-refractivity contribution >= 4 is 23.3 Å². The molecule has 2 saturated heterocycles. The molecule has 0 aliphatic carbocycles. The van der Waals surface area contributed by atoms with E-state index in [0.29, 0.717) is 17.4 Å². The average Bonchev–Trinajstić information content (AvgIpc) is 3.20. The first-order valence-electron chi connectivity index (χ1n) is 11.1. The highest BCUT2D eigenvalue weighted by atomic mass is 35.5. The van der Waals surface area contributed by atoms with E-state index in [1.54, 1.807) is 6.20 Å². The molecule has 5 nitrogen and oxygen atoms in total. The first kappa shape index (κ1) is 21.1. The molecular weight excluding hydrogens is 396 g/mol. The molecule has 3 heterocycles. The molecule has 0 unspecified atom stereocenters. The number of piperidine rings is 1. The number of hydrogen-bond donors (Lipinski definition) is 1. The van der Waals surface area contributed by atoms with E-state index in [9.17, 15) is 4.79 Å². The number of nitrogens with one attached hydrogen (secondary N) is 1. The van der Waals surface area contributed by atoms with Crippen LogP contribution in [-0.4, -0.2) is 48.0 Å². The second-order valence-corrected chi connectivity index (χ2v) is 8.96. The fourth-order valence-electron chi connectivity index (χ4n) is 4.61. The van der Waals surface area contributed by atoms with Crippen molar-refractivity contribution in [2.24, 2.45) is 5.92 Å². The summed E-state index contributed by atoms with van der Waals surface area (Å²) in [5.41, 5.74) is 1.34. The number of aromatic nitrogens is 1. The fourth-order valence-corrected chi connectivity index (χ4v) is 4.86. The summed E-state index contributed by atoms with van der Waals surface area (Å²) in [6.45, 7) is 4.88. The number of benzene rings is 1. The molecule has 0 radical (unpaired) electrons. The third-order valence-corrected chi connectivity index (χ3v) is 6.61. The predicted octanol–water partition coefficient (Wildman–Crippen LogP) is 4.12. The van der Waals surface area contributed by atoms with Crippen molar-refractivity contribution in [3.63, 3.8) is 0 Å². The van der Waals surface area contributed by atoms with Gasteiger partial charge in [-0.3, -0.25) is 9.69 Å². The van der Waals surface area contributed by atoms with Crippen molar-refractivity contribution in [3.05, 3.63) is 59.2 Å². The monoisotopic (exact) mass is 426 g/mol. The topological polar surface area (TPSA) is 48.5 Å². The molecule has 2 aliphatic rings. The number of anilines is 1. The van der Waals surface area contributed by atoms with Crippen LogP contribution in [0.4, 0.5) is 5.82 Å². The van der Waals surface area contributed by atoms with Gasteiger partial charge in [-0.05, 0) is 49.3 Å². The Kier molecular flexibility index (Phi) is 7.24. The first-order valence-corrected chi connectivity index (χ1v) is 11.5. The van der Waals surface area contributed by atoms with Gasteiger partial charge in [0, 0.05) is 51.4 Å². The molecule has 0 spiro atoms. The van der Waals surface area contributed by atoms with Gasteiger partial charge in [-0.15, -0.1) is 0 Å². The Hall–Kier alpha value is -2.11. The van der Waals surface area contributed by atoms with Gasteiger partial charge in [0.25, 0.3) is 0 Å². The molecule has 1 N–H and O–H groups in total. The van der Waals surface area contributed by atoms with Crippen LogP contribution in [0, 0.1) is 5.92 Å². The first-order chi connectivity index (χ1) is 14.7. The van der Waals surface area contributed by atoms with Gasteiger partial charge in [0.1, 0.15) is 5.82 Å². The number of hydrogen-bond acceptors (Lipinski definition) is 4. The van der Waals surface area contributed by atoms with Gasteiger partial charge >= 0.3 is 0 Å². The van der Waals surface area contributed by atoms with Crippen LogP contribution < -0.4 is 10.2 Å². The Morgan fingerprint density at radius 1 is 1.07 bits per heavy atom. The smallest absolute Gasteiger partial charge is 0.220 e. The van der Waals surface area contributed by atoms with Crippen LogP contribution in [0.25, 0.3) is 0 Å². The molecule has 1 amide bonds. The molecule has 4 rings (SSSR count). The van der Waals surface area contributed by atoms with Crippen LogP contribution in [-0.2, 0) is 11.3 Å². The predicted molar refractivity (Wildman–Crippen MR) is 122 cm³/mol. The lowest BCUT2D eigenvalue weighted by atomic mass is 9.92. The van der Waals surface area contributed by atoms with E-state index in [1.165, 1.54) is 5.56 Å². The van der Waals surface area contributed by atoms with Crippen LogP contribution in [0.1, 0.15) is 37.7 Å². The molecule has 160 valence electrons. The fraction of sp³-hybridized carbons (Fsp3) is 0.500. The quantitative estimate of drug-likeness (QED) is 0.723. The highest BCUT2D eigenvalue weighted by molar-refractivity contribution is 6.32. The SMILES string of the molecule is O=C(CCC1CCN(c2ncccc2Cl)CC1)N[C@@H]1CCN(Cc2ccccc2)C1. The van der Waals surface area contributed by atoms with Gasteiger partial charge in [0.2, 0.25) is 5.91 Å². The van der Waals surface area contributed by atoms with Gasteiger partial charge in [-0.2, -0.15) is 0 Å². The maximum absolute atomic E-state index is 12.5. The van der Waals surface area contributed by atoms with Crippen LogP contribution in [0.15, 0.2) is 48.7 Å². The summed E-state index contributed by atoms with van der Waals surface area (Å²) in [6.07, 6.45) is 6.62. The average molecular weight is 427 g/mol. The van der Waals surface area contributed by atoms with E-state index in [0.717, 1.165) is 64.2 Å². The lowest BCUT2D eigenvalue weighted by Gasteiger charge is -2.33. The van der Waals surface area contributed by atoms with Crippen LogP contribution >= 0.6 is 11.6 Å². The minimum absolute atomic E-state index is 0.205. The van der Waals surface area contributed by atoms with Crippen molar-refractivity contribution in [3.8, 4) is 0 Å². The summed E-state index contributed by atoms with van der Waals surface area (Å²) in [6, 6.07) is 14.6. The maximum atomic E-state index is 12.5. The summed E-state index contributed by atoms with van der Waals surface area (Å²) in [5.74, 6) is 1.70. The van der Waals surface area contributed by atoms with Gasteiger partial charge in [-0.1, -0.05) is 41.9 Å². The van der Waals surface area contributed by atoms with E-state index >= 15 is 0 Å². The molecule has 2 fully saturated rings. The van der Waals surface area contributed by atoms with Crippen molar-refractivity contribution in [1.29, 1.82) is 0 Å². The van der Waals surface area contributed by atoms with Crippen LogP contribution in [0.3, 0.4) is 0 Å². The number of pyridine rings is 1. The lowest BCUT2D eigenvalue weighted by molar-refractivity contribution is -0.122. The van der Waals surface area contributed by atoms with Crippen molar-refractivity contribution in [1.82, 2.24) is 15.2 Å². The number of amides is 1. The summed E-state index contributed by atoms with van der Waals surface area (Å²) in [7, 11) is 0. The number of halogens is 1. The number of nitrogens with zero attached hydrogens (tertiary/aromatic N) is 3. The molecular formula is C24H31ClN4O. The summed E-state index contributed by atoms with van der Waals surface area (Å²) < 4.78 is 0. The maximum Gasteiger partial charge on any atom is 0.220 e. The molecule has 1 atom stereocenters. The third kappa shape index (κ3) is 5.73. The van der Waals surface area contributed by atoms with E-state index < -0.39 is 0 Å². The Bertz CT molecular complexity index is 823. The number of carbonyl (C=O) groups excluding carboxylic acids is 1. The third-order valence-electron chi connectivity index (χ3n) is 6.32. The minimum Gasteiger partial charge on any atom is -0.355 e. The summed E-state index contributed by atoms with van der Waals surface area (Å²) >= 11 is 6.27. The number of rotatable bonds is 7. The zero-order valence-corrected chi connectivity index (χ0v) is 18.2. The molecule has 2 aliphatic heterocycles. The molecule has 1 aromatic heterocycles.